The zero-order chi connectivity index (χ0) is 15.0. The van der Waals surface area contributed by atoms with Crippen LogP contribution in [0.2, 0.25) is 0 Å². The van der Waals surface area contributed by atoms with Gasteiger partial charge in [-0.1, -0.05) is 30.3 Å². The van der Waals surface area contributed by atoms with Gasteiger partial charge in [-0.2, -0.15) is 0 Å². The van der Waals surface area contributed by atoms with Crippen LogP contribution in [0, 0.1) is 0 Å². The predicted octanol–water partition coefficient (Wildman–Crippen LogP) is 2.56. The minimum atomic E-state index is -0.483. The van der Waals surface area contributed by atoms with Crippen molar-refractivity contribution in [1.29, 1.82) is 0 Å². The van der Waals surface area contributed by atoms with E-state index >= 15 is 0 Å². The van der Waals surface area contributed by atoms with Crippen LogP contribution in [0.1, 0.15) is 40.2 Å². The van der Waals surface area contributed by atoms with E-state index in [1.54, 1.807) is 0 Å². The molecule has 20 heavy (non-hydrogen) atoms. The number of nitrogens with zero attached hydrogens (tertiary/aromatic N) is 1. The lowest BCUT2D eigenvalue weighted by molar-refractivity contribution is -0.141. The first-order valence-corrected chi connectivity index (χ1v) is 7.36. The van der Waals surface area contributed by atoms with Gasteiger partial charge in [0.2, 0.25) is 5.91 Å². The van der Waals surface area contributed by atoms with E-state index < -0.39 is 5.41 Å². The topological polar surface area (TPSA) is 32.3 Å². The quantitative estimate of drug-likeness (QED) is 0.899. The molecule has 1 aliphatic rings. The molecule has 2 rings (SSSR count). The molecule has 1 fully saturated rings. The molecule has 1 aliphatic heterocycles. The number of benzene rings is 1. The Bertz CT molecular complexity index is 479. The lowest BCUT2D eigenvalue weighted by Crippen LogP contribution is -2.64. The maximum atomic E-state index is 13.0. The highest BCUT2D eigenvalue weighted by molar-refractivity contribution is 5.87. The number of rotatable bonds is 2. The van der Waals surface area contributed by atoms with E-state index in [4.69, 9.17) is 0 Å². The summed E-state index contributed by atoms with van der Waals surface area (Å²) in [6.07, 6.45) is 0. The van der Waals surface area contributed by atoms with Gasteiger partial charge in [0.15, 0.2) is 0 Å². The summed E-state index contributed by atoms with van der Waals surface area (Å²) < 4.78 is 0. The molecule has 0 saturated carbocycles. The van der Waals surface area contributed by atoms with Gasteiger partial charge >= 0.3 is 0 Å². The Labute approximate surface area is 122 Å². The first-order valence-electron chi connectivity index (χ1n) is 7.36. The molecule has 1 amide bonds. The molecule has 0 radical (unpaired) electrons. The second-order valence-electron chi connectivity index (χ2n) is 7.04. The van der Waals surface area contributed by atoms with Gasteiger partial charge in [0, 0.05) is 24.7 Å². The molecule has 110 valence electrons. The van der Waals surface area contributed by atoms with E-state index in [1.165, 1.54) is 0 Å². The van der Waals surface area contributed by atoms with E-state index in [0.29, 0.717) is 0 Å². The minimum absolute atomic E-state index is 0.0189. The molecule has 0 spiro atoms. The summed E-state index contributed by atoms with van der Waals surface area (Å²) in [6.45, 7) is 12.1. The third kappa shape index (κ3) is 2.88. The highest BCUT2D eigenvalue weighted by Crippen LogP contribution is 2.28. The third-order valence-corrected chi connectivity index (χ3v) is 4.26. The van der Waals surface area contributed by atoms with E-state index in [2.05, 4.69) is 26.1 Å². The first kappa shape index (κ1) is 15.0. The number of hydrogen-bond donors (Lipinski definition) is 1. The van der Waals surface area contributed by atoms with E-state index in [9.17, 15) is 4.79 Å². The van der Waals surface area contributed by atoms with Crippen molar-refractivity contribution in [3.63, 3.8) is 0 Å². The Morgan fingerprint density at radius 2 is 1.90 bits per heavy atom. The fourth-order valence-electron chi connectivity index (χ4n) is 2.78. The molecule has 1 heterocycles. The Balaban J connectivity index is 2.25. The molecule has 1 saturated heterocycles. The van der Waals surface area contributed by atoms with E-state index in [0.717, 1.165) is 18.7 Å². The fraction of sp³-hybridized carbons (Fsp3) is 0.588. The Morgan fingerprint density at radius 1 is 1.30 bits per heavy atom. The second-order valence-corrected chi connectivity index (χ2v) is 7.04. The number of carbonyl (C=O) groups excluding carboxylic acids is 1. The molecule has 1 atom stereocenters. The number of amides is 1. The van der Waals surface area contributed by atoms with Gasteiger partial charge in [0.1, 0.15) is 0 Å². The van der Waals surface area contributed by atoms with Crippen molar-refractivity contribution in [2.75, 3.05) is 13.1 Å². The van der Waals surface area contributed by atoms with Gasteiger partial charge in [-0.05, 0) is 40.2 Å². The molecule has 0 aliphatic carbocycles. The number of hydrogen-bond acceptors (Lipinski definition) is 2. The fourth-order valence-corrected chi connectivity index (χ4v) is 2.78. The monoisotopic (exact) mass is 274 g/mol. The van der Waals surface area contributed by atoms with Crippen LogP contribution in [0.3, 0.4) is 0 Å². The van der Waals surface area contributed by atoms with Crippen molar-refractivity contribution in [3.05, 3.63) is 35.9 Å². The smallest absolute Gasteiger partial charge is 0.233 e. The zero-order valence-electron chi connectivity index (χ0n) is 13.2. The van der Waals surface area contributed by atoms with Gasteiger partial charge in [-0.3, -0.25) is 4.79 Å². The van der Waals surface area contributed by atoms with Crippen LogP contribution in [0.25, 0.3) is 0 Å². The van der Waals surface area contributed by atoms with Crippen LogP contribution in [0.15, 0.2) is 30.3 Å². The van der Waals surface area contributed by atoms with Crippen molar-refractivity contribution >= 4 is 5.91 Å². The minimum Gasteiger partial charge on any atom is -0.336 e. The Hall–Kier alpha value is -1.35. The van der Waals surface area contributed by atoms with Crippen molar-refractivity contribution in [2.45, 2.75) is 51.6 Å². The first-order chi connectivity index (χ1) is 9.24. The van der Waals surface area contributed by atoms with Crippen LogP contribution >= 0.6 is 0 Å². The number of nitrogens with one attached hydrogen (secondary N) is 1. The molecule has 3 heteroatoms. The van der Waals surface area contributed by atoms with E-state index in [-0.39, 0.29) is 17.5 Å². The number of carbonyl (C=O) groups is 1. The SMILES string of the molecule is CC1CNC(C)(C)CN1C(=O)C(C)(C)c1ccccc1. The second kappa shape index (κ2) is 5.21. The van der Waals surface area contributed by atoms with Crippen LogP contribution in [0.4, 0.5) is 0 Å². The van der Waals surface area contributed by atoms with Crippen LogP contribution in [0.5, 0.6) is 0 Å². The van der Waals surface area contributed by atoms with Crippen molar-refractivity contribution in [3.8, 4) is 0 Å². The summed E-state index contributed by atoms with van der Waals surface area (Å²) in [4.78, 5) is 15.0. The summed E-state index contributed by atoms with van der Waals surface area (Å²) in [5, 5.41) is 3.49. The third-order valence-electron chi connectivity index (χ3n) is 4.26. The van der Waals surface area contributed by atoms with Gasteiger partial charge in [0.05, 0.1) is 5.41 Å². The highest BCUT2D eigenvalue weighted by Gasteiger charge is 2.40. The Morgan fingerprint density at radius 3 is 2.50 bits per heavy atom. The largest absolute Gasteiger partial charge is 0.336 e. The molecule has 0 aromatic heterocycles. The summed E-state index contributed by atoms with van der Waals surface area (Å²) >= 11 is 0. The maximum Gasteiger partial charge on any atom is 0.233 e. The molecule has 1 aromatic rings. The van der Waals surface area contributed by atoms with Crippen molar-refractivity contribution in [1.82, 2.24) is 10.2 Å². The van der Waals surface area contributed by atoms with Crippen LogP contribution in [-0.2, 0) is 10.2 Å². The molecule has 1 aromatic carbocycles. The van der Waals surface area contributed by atoms with E-state index in [1.807, 2.05) is 49.1 Å². The summed E-state index contributed by atoms with van der Waals surface area (Å²) in [5.41, 5.74) is 0.575. The number of piperazine rings is 1. The lowest BCUT2D eigenvalue weighted by Gasteiger charge is -2.46. The summed E-state index contributed by atoms with van der Waals surface area (Å²) in [5.74, 6) is 0.214. The zero-order valence-corrected chi connectivity index (χ0v) is 13.2. The van der Waals surface area contributed by atoms with Crippen LogP contribution in [-0.4, -0.2) is 35.5 Å². The molecule has 1 N–H and O–H groups in total. The van der Waals surface area contributed by atoms with Gasteiger partial charge < -0.3 is 10.2 Å². The van der Waals surface area contributed by atoms with Crippen molar-refractivity contribution < 1.29 is 4.79 Å². The van der Waals surface area contributed by atoms with Crippen LogP contribution < -0.4 is 5.32 Å². The molecule has 3 nitrogen and oxygen atoms in total. The normalized spacial score (nSPS) is 22.6. The molecule has 1 unspecified atom stereocenters. The predicted molar refractivity (Wildman–Crippen MR) is 82.7 cm³/mol. The van der Waals surface area contributed by atoms with Gasteiger partial charge in [0.25, 0.3) is 0 Å². The average Bonchev–Trinajstić information content (AvgIpc) is 2.42. The van der Waals surface area contributed by atoms with Gasteiger partial charge in [-0.15, -0.1) is 0 Å². The molecule has 0 bridgehead atoms. The molecular formula is C17H26N2O. The Kier molecular flexibility index (Phi) is 3.92. The maximum absolute atomic E-state index is 13.0. The highest BCUT2D eigenvalue weighted by atomic mass is 16.2. The lowest BCUT2D eigenvalue weighted by atomic mass is 9.82. The average molecular weight is 274 g/mol. The van der Waals surface area contributed by atoms with Crippen molar-refractivity contribution in [2.24, 2.45) is 0 Å². The standard InChI is InChI=1S/C17H26N2O/c1-13-11-18-16(2,3)12-19(13)15(20)17(4,5)14-9-7-6-8-10-14/h6-10,13,18H,11-12H2,1-5H3. The summed E-state index contributed by atoms with van der Waals surface area (Å²) in [6, 6.07) is 10.3. The van der Waals surface area contributed by atoms with Gasteiger partial charge in [-0.25, -0.2) is 0 Å². The summed E-state index contributed by atoms with van der Waals surface area (Å²) in [7, 11) is 0. The molecular weight excluding hydrogens is 248 g/mol.